The molecule has 21 heavy (non-hydrogen) atoms. The van der Waals surface area contributed by atoms with Crippen molar-refractivity contribution in [2.24, 2.45) is 5.73 Å². The quantitative estimate of drug-likeness (QED) is 0.904. The van der Waals surface area contributed by atoms with Gasteiger partial charge in [-0.2, -0.15) is 0 Å². The number of benzene rings is 1. The lowest BCUT2D eigenvalue weighted by molar-refractivity contribution is -0.0571. The number of para-hydroxylation sites is 1. The molecule has 1 aromatic rings. The van der Waals surface area contributed by atoms with E-state index in [0.29, 0.717) is 12.2 Å². The van der Waals surface area contributed by atoms with Crippen LogP contribution in [0.15, 0.2) is 24.3 Å². The molecule has 0 aliphatic carbocycles. The highest BCUT2D eigenvalue weighted by Gasteiger charge is 2.39. The minimum absolute atomic E-state index is 0.110. The van der Waals surface area contributed by atoms with Crippen LogP contribution in [-0.4, -0.2) is 43.3 Å². The predicted octanol–water partition coefficient (Wildman–Crippen LogP) is 2.34. The van der Waals surface area contributed by atoms with E-state index in [1.54, 1.807) is 7.11 Å². The zero-order chi connectivity index (χ0) is 14.8. The van der Waals surface area contributed by atoms with Gasteiger partial charge in [-0.1, -0.05) is 25.1 Å². The summed E-state index contributed by atoms with van der Waals surface area (Å²) >= 11 is 0. The Morgan fingerprint density at radius 2 is 1.95 bits per heavy atom. The molecule has 3 rings (SSSR count). The van der Waals surface area contributed by atoms with Crippen LogP contribution in [0.3, 0.4) is 0 Å². The molecule has 1 aromatic carbocycles. The fraction of sp³-hybridized carbons (Fsp3) is 0.647. The third-order valence-corrected chi connectivity index (χ3v) is 4.80. The Balaban J connectivity index is 1.90. The molecule has 2 saturated heterocycles. The Morgan fingerprint density at radius 3 is 2.57 bits per heavy atom. The lowest BCUT2D eigenvalue weighted by atomic mass is 9.94. The van der Waals surface area contributed by atoms with Crippen molar-refractivity contribution in [3.05, 3.63) is 29.8 Å². The number of rotatable bonds is 5. The van der Waals surface area contributed by atoms with Crippen LogP contribution in [0.4, 0.5) is 0 Å². The topological polar surface area (TPSA) is 47.7 Å². The summed E-state index contributed by atoms with van der Waals surface area (Å²) in [6.45, 7) is 4.11. The predicted molar refractivity (Wildman–Crippen MR) is 83.5 cm³/mol. The van der Waals surface area contributed by atoms with Crippen molar-refractivity contribution in [3.63, 3.8) is 0 Å². The van der Waals surface area contributed by atoms with Crippen LogP contribution in [0.2, 0.25) is 0 Å². The summed E-state index contributed by atoms with van der Waals surface area (Å²) in [5.74, 6) is 0.935. The molecule has 0 aromatic heterocycles. The fourth-order valence-corrected chi connectivity index (χ4v) is 3.71. The standard InChI is InChI=1S/C17H26N2O2/c1-3-15(18)17(14-6-4-5-7-16(14)20-2)19-10-12-8-9-13(11-19)21-12/h4-7,12-13,15,17H,3,8-11,18H2,1-2H3. The average molecular weight is 290 g/mol. The van der Waals surface area contributed by atoms with Gasteiger partial charge in [-0.3, -0.25) is 4.90 Å². The second-order valence-electron chi connectivity index (χ2n) is 6.17. The van der Waals surface area contributed by atoms with Gasteiger partial charge < -0.3 is 15.2 Å². The van der Waals surface area contributed by atoms with E-state index in [9.17, 15) is 0 Å². The van der Waals surface area contributed by atoms with Gasteiger partial charge in [0.25, 0.3) is 0 Å². The van der Waals surface area contributed by atoms with E-state index >= 15 is 0 Å². The minimum Gasteiger partial charge on any atom is -0.496 e. The summed E-state index contributed by atoms with van der Waals surface area (Å²) in [7, 11) is 1.73. The maximum absolute atomic E-state index is 6.48. The van der Waals surface area contributed by atoms with Crippen LogP contribution >= 0.6 is 0 Å². The number of morpholine rings is 1. The molecule has 4 heteroatoms. The molecule has 4 nitrogen and oxygen atoms in total. The Morgan fingerprint density at radius 1 is 1.29 bits per heavy atom. The van der Waals surface area contributed by atoms with E-state index in [4.69, 9.17) is 15.2 Å². The number of hydrogen-bond donors (Lipinski definition) is 1. The molecule has 0 amide bonds. The highest BCUT2D eigenvalue weighted by atomic mass is 16.5. The molecule has 4 atom stereocenters. The van der Waals surface area contributed by atoms with Gasteiger partial charge in [0.1, 0.15) is 5.75 Å². The highest BCUT2D eigenvalue weighted by Crippen LogP contribution is 2.37. The van der Waals surface area contributed by atoms with Crippen molar-refractivity contribution in [2.75, 3.05) is 20.2 Å². The monoisotopic (exact) mass is 290 g/mol. The van der Waals surface area contributed by atoms with Crippen molar-refractivity contribution in [1.82, 2.24) is 4.90 Å². The van der Waals surface area contributed by atoms with E-state index in [1.165, 1.54) is 18.4 Å². The summed E-state index contributed by atoms with van der Waals surface area (Å²) in [6.07, 6.45) is 4.08. The lowest BCUT2D eigenvalue weighted by Gasteiger charge is -2.41. The Kier molecular flexibility index (Phi) is 4.48. The summed E-state index contributed by atoms with van der Waals surface area (Å²) in [6, 6.07) is 8.58. The number of likely N-dealkylation sites (tertiary alicyclic amines) is 1. The molecular weight excluding hydrogens is 264 g/mol. The van der Waals surface area contributed by atoms with Gasteiger partial charge in [0.2, 0.25) is 0 Å². The van der Waals surface area contributed by atoms with E-state index < -0.39 is 0 Å². The Bertz CT molecular complexity index is 468. The normalized spacial score (nSPS) is 28.3. The Labute approximate surface area is 127 Å². The molecule has 2 N–H and O–H groups in total. The van der Waals surface area contributed by atoms with Crippen molar-refractivity contribution < 1.29 is 9.47 Å². The molecular formula is C17H26N2O2. The van der Waals surface area contributed by atoms with Gasteiger partial charge in [-0.15, -0.1) is 0 Å². The number of ether oxygens (including phenoxy) is 2. The van der Waals surface area contributed by atoms with Crippen molar-refractivity contribution in [3.8, 4) is 5.75 Å². The third-order valence-electron chi connectivity index (χ3n) is 4.80. The van der Waals surface area contributed by atoms with E-state index in [0.717, 1.165) is 25.3 Å². The Hall–Kier alpha value is -1.10. The van der Waals surface area contributed by atoms with E-state index in [-0.39, 0.29) is 12.1 Å². The number of fused-ring (bicyclic) bond motifs is 2. The maximum atomic E-state index is 6.48. The van der Waals surface area contributed by atoms with Crippen LogP contribution < -0.4 is 10.5 Å². The van der Waals surface area contributed by atoms with Crippen LogP contribution in [-0.2, 0) is 4.74 Å². The summed E-state index contributed by atoms with van der Waals surface area (Å²) in [4.78, 5) is 2.51. The fourth-order valence-electron chi connectivity index (χ4n) is 3.71. The molecule has 0 radical (unpaired) electrons. The van der Waals surface area contributed by atoms with Crippen molar-refractivity contribution in [1.29, 1.82) is 0 Å². The highest BCUT2D eigenvalue weighted by molar-refractivity contribution is 5.37. The zero-order valence-corrected chi connectivity index (χ0v) is 13.0. The molecule has 2 bridgehead atoms. The molecule has 4 unspecified atom stereocenters. The van der Waals surface area contributed by atoms with Gasteiger partial charge in [0.15, 0.2) is 0 Å². The smallest absolute Gasteiger partial charge is 0.123 e. The molecule has 2 aliphatic heterocycles. The second-order valence-corrected chi connectivity index (χ2v) is 6.17. The molecule has 2 fully saturated rings. The van der Waals surface area contributed by atoms with Gasteiger partial charge in [-0.05, 0) is 25.3 Å². The van der Waals surface area contributed by atoms with Gasteiger partial charge >= 0.3 is 0 Å². The first kappa shape index (κ1) is 14.8. The van der Waals surface area contributed by atoms with E-state index in [1.807, 2.05) is 12.1 Å². The lowest BCUT2D eigenvalue weighted by Crippen LogP contribution is -2.49. The average Bonchev–Trinajstić information content (AvgIpc) is 2.86. The number of nitrogens with zero attached hydrogens (tertiary/aromatic N) is 1. The maximum Gasteiger partial charge on any atom is 0.123 e. The van der Waals surface area contributed by atoms with Gasteiger partial charge in [0.05, 0.1) is 25.4 Å². The summed E-state index contributed by atoms with van der Waals surface area (Å²) in [5.41, 5.74) is 7.68. The van der Waals surface area contributed by atoms with Crippen LogP contribution in [0.5, 0.6) is 5.75 Å². The largest absolute Gasteiger partial charge is 0.496 e. The zero-order valence-electron chi connectivity index (χ0n) is 13.0. The molecule has 2 aliphatic rings. The van der Waals surface area contributed by atoms with Crippen molar-refractivity contribution >= 4 is 0 Å². The van der Waals surface area contributed by atoms with Gasteiger partial charge in [-0.25, -0.2) is 0 Å². The van der Waals surface area contributed by atoms with Crippen LogP contribution in [0.1, 0.15) is 37.8 Å². The molecule has 2 heterocycles. The first-order valence-corrected chi connectivity index (χ1v) is 8.01. The van der Waals surface area contributed by atoms with Gasteiger partial charge in [0, 0.05) is 24.7 Å². The van der Waals surface area contributed by atoms with Crippen molar-refractivity contribution in [2.45, 2.75) is 50.5 Å². The molecule has 0 saturated carbocycles. The van der Waals surface area contributed by atoms with Crippen LogP contribution in [0, 0.1) is 0 Å². The van der Waals surface area contributed by atoms with E-state index in [2.05, 4.69) is 24.0 Å². The second kappa shape index (κ2) is 6.34. The minimum atomic E-state index is 0.110. The number of nitrogens with two attached hydrogens (primary N) is 1. The van der Waals surface area contributed by atoms with Crippen LogP contribution in [0.25, 0.3) is 0 Å². The number of hydrogen-bond acceptors (Lipinski definition) is 4. The summed E-state index contributed by atoms with van der Waals surface area (Å²) < 4.78 is 11.5. The first-order valence-electron chi connectivity index (χ1n) is 8.01. The summed E-state index contributed by atoms with van der Waals surface area (Å²) in [5, 5.41) is 0. The molecule has 0 spiro atoms. The first-order chi connectivity index (χ1) is 10.2. The molecule has 116 valence electrons. The number of methoxy groups -OCH3 is 1. The SMILES string of the molecule is CCC(N)C(c1ccccc1OC)N1CC2CCC(C1)O2. The third kappa shape index (κ3) is 2.93.